The lowest BCUT2D eigenvalue weighted by Gasteiger charge is -1.97. The predicted octanol–water partition coefficient (Wildman–Crippen LogP) is 5.68. The van der Waals surface area contributed by atoms with E-state index < -0.39 is 5.91 Å². The van der Waals surface area contributed by atoms with E-state index in [1.165, 1.54) is 34.8 Å². The largest absolute Gasteiger partial charge is 0.440 e. The number of anilines is 1. The Hall–Kier alpha value is -1.05. The highest BCUT2D eigenvalue weighted by molar-refractivity contribution is 7.20. The van der Waals surface area contributed by atoms with Crippen LogP contribution in [0.2, 0.25) is 13.9 Å². The zero-order valence-electron chi connectivity index (χ0n) is 10.0. The minimum Gasteiger partial charge on any atom is -0.440 e. The molecule has 0 radical (unpaired) electrons. The van der Waals surface area contributed by atoms with E-state index >= 15 is 0 Å². The van der Waals surface area contributed by atoms with Gasteiger partial charge < -0.3 is 4.42 Å². The summed E-state index contributed by atoms with van der Waals surface area (Å²) >= 11 is 20.1. The maximum absolute atomic E-state index is 11.9. The third kappa shape index (κ3) is 3.25. The van der Waals surface area contributed by atoms with Crippen LogP contribution < -0.4 is 5.32 Å². The van der Waals surface area contributed by atoms with Gasteiger partial charge in [-0.1, -0.05) is 23.2 Å². The summed E-state index contributed by atoms with van der Waals surface area (Å²) in [5.41, 5.74) is 1.39. The summed E-state index contributed by atoms with van der Waals surface area (Å²) in [7, 11) is 0. The molecule has 3 aromatic heterocycles. The van der Waals surface area contributed by atoms with Gasteiger partial charge in [-0.05, 0) is 29.8 Å². The number of carbonyl (C=O) groups is 1. The van der Waals surface area contributed by atoms with E-state index in [1.807, 2.05) is 0 Å². The third-order valence-corrected chi connectivity index (χ3v) is 4.90. The highest BCUT2D eigenvalue weighted by Gasteiger charge is 2.15. The molecule has 0 aliphatic rings. The summed E-state index contributed by atoms with van der Waals surface area (Å²) < 4.78 is 6.16. The van der Waals surface area contributed by atoms with E-state index in [2.05, 4.69) is 10.3 Å². The number of aromatic nitrogens is 1. The number of nitrogens with zero attached hydrogens (tertiary/aromatic N) is 1. The third-order valence-electron chi connectivity index (χ3n) is 2.45. The van der Waals surface area contributed by atoms with Crippen LogP contribution in [-0.2, 0) is 0 Å². The Labute approximate surface area is 142 Å². The molecule has 1 N–H and O–H groups in total. The predicted molar refractivity (Wildman–Crippen MR) is 87.1 cm³/mol. The van der Waals surface area contributed by atoms with Gasteiger partial charge in [-0.3, -0.25) is 10.1 Å². The number of hydrogen-bond donors (Lipinski definition) is 1. The normalized spacial score (nSPS) is 10.8. The average Bonchev–Trinajstić information content (AvgIpc) is 3.10. The molecule has 0 atom stereocenters. The molecule has 3 aromatic rings. The molecular formula is C12H5Cl3N2O2S2. The van der Waals surface area contributed by atoms with Gasteiger partial charge in [0.1, 0.15) is 4.34 Å². The van der Waals surface area contributed by atoms with E-state index in [4.69, 9.17) is 39.2 Å². The smallest absolute Gasteiger partial charge is 0.293 e. The van der Waals surface area contributed by atoms with Crippen LogP contribution in [0.1, 0.15) is 10.6 Å². The van der Waals surface area contributed by atoms with Gasteiger partial charge >= 0.3 is 0 Å². The molecule has 3 rings (SSSR count). The number of nitrogens with one attached hydrogen (secondary N) is 1. The molecule has 0 saturated heterocycles. The van der Waals surface area contributed by atoms with Crippen molar-refractivity contribution in [2.45, 2.75) is 0 Å². The lowest BCUT2D eigenvalue weighted by atomic mass is 10.3. The summed E-state index contributed by atoms with van der Waals surface area (Å²) in [4.78, 5) is 16.2. The van der Waals surface area contributed by atoms with Gasteiger partial charge in [-0.2, -0.15) is 0 Å². The zero-order valence-corrected chi connectivity index (χ0v) is 13.9. The molecule has 0 fully saturated rings. The van der Waals surface area contributed by atoms with Crippen LogP contribution in [0.5, 0.6) is 0 Å². The molecule has 3 heterocycles. The molecular weight excluding hydrogens is 375 g/mol. The number of furan rings is 1. The number of thiazole rings is 1. The maximum Gasteiger partial charge on any atom is 0.293 e. The number of rotatable bonds is 3. The maximum atomic E-state index is 11.9. The quantitative estimate of drug-likeness (QED) is 0.637. The second-order valence-corrected chi connectivity index (χ2v) is 7.35. The molecule has 4 nitrogen and oxygen atoms in total. The van der Waals surface area contributed by atoms with Crippen LogP contribution in [0.3, 0.4) is 0 Å². The molecule has 0 spiro atoms. The van der Waals surface area contributed by atoms with Gasteiger partial charge in [0, 0.05) is 10.9 Å². The van der Waals surface area contributed by atoms with Crippen molar-refractivity contribution in [1.29, 1.82) is 0 Å². The van der Waals surface area contributed by atoms with Crippen molar-refractivity contribution in [3.8, 4) is 11.3 Å². The summed E-state index contributed by atoms with van der Waals surface area (Å²) in [6.45, 7) is 0. The number of halogens is 3. The minimum atomic E-state index is -0.419. The second kappa shape index (κ2) is 5.98. The van der Waals surface area contributed by atoms with E-state index in [0.717, 1.165) is 5.56 Å². The fraction of sp³-hybridized carbons (Fsp3) is 0. The SMILES string of the molecule is O=C(Nc1nc(-c2cc(Cl)sc2Cl)cs1)c1ccc(Cl)o1. The van der Waals surface area contributed by atoms with Crippen LogP contribution >= 0.6 is 57.5 Å². The summed E-state index contributed by atoms with van der Waals surface area (Å²) in [5, 5.41) is 5.00. The lowest BCUT2D eigenvalue weighted by Crippen LogP contribution is -2.10. The Morgan fingerprint density at radius 1 is 1.29 bits per heavy atom. The number of hydrogen-bond acceptors (Lipinski definition) is 5. The van der Waals surface area contributed by atoms with Gasteiger partial charge in [0.05, 0.1) is 10.0 Å². The summed E-state index contributed by atoms with van der Waals surface area (Å²) in [6, 6.07) is 4.72. The highest BCUT2D eigenvalue weighted by Crippen LogP contribution is 2.39. The molecule has 0 aromatic carbocycles. The van der Waals surface area contributed by atoms with Crippen molar-refractivity contribution in [2.24, 2.45) is 0 Å². The first-order chi connectivity index (χ1) is 10.0. The van der Waals surface area contributed by atoms with E-state index in [1.54, 1.807) is 11.4 Å². The average molecular weight is 380 g/mol. The summed E-state index contributed by atoms with van der Waals surface area (Å²) in [6.07, 6.45) is 0. The van der Waals surface area contributed by atoms with Crippen LogP contribution in [-0.4, -0.2) is 10.9 Å². The van der Waals surface area contributed by atoms with Crippen molar-refractivity contribution < 1.29 is 9.21 Å². The molecule has 1 amide bonds. The van der Waals surface area contributed by atoms with E-state index in [9.17, 15) is 4.79 Å². The van der Waals surface area contributed by atoms with Crippen molar-refractivity contribution in [1.82, 2.24) is 4.98 Å². The second-order valence-electron chi connectivity index (χ2n) is 3.83. The Morgan fingerprint density at radius 3 is 2.71 bits per heavy atom. The lowest BCUT2D eigenvalue weighted by molar-refractivity contribution is 0.0997. The highest BCUT2D eigenvalue weighted by atomic mass is 35.5. The molecule has 0 unspecified atom stereocenters. The molecule has 21 heavy (non-hydrogen) atoms. The first kappa shape index (κ1) is 14.9. The molecule has 0 bridgehead atoms. The Morgan fingerprint density at radius 2 is 2.10 bits per heavy atom. The fourth-order valence-corrected chi connectivity index (χ4v) is 3.90. The first-order valence-corrected chi connectivity index (χ1v) is 8.33. The molecule has 9 heteroatoms. The Bertz CT molecular complexity index is 809. The monoisotopic (exact) mass is 378 g/mol. The number of carbonyl (C=O) groups excluding carboxylic acids is 1. The van der Waals surface area contributed by atoms with Gasteiger partial charge in [-0.15, -0.1) is 22.7 Å². The van der Waals surface area contributed by atoms with Gasteiger partial charge in [0.25, 0.3) is 5.91 Å². The number of thiophene rings is 1. The molecule has 0 aliphatic carbocycles. The molecule has 0 aliphatic heterocycles. The standard InChI is InChI=1S/C12H5Cl3N2O2S2/c13-8-2-1-7(19-8)11(18)17-12-16-6(4-20-12)5-3-9(14)21-10(5)15/h1-4H,(H,16,17,18). The van der Waals surface area contributed by atoms with Crippen LogP contribution in [0.15, 0.2) is 28.0 Å². The van der Waals surface area contributed by atoms with Crippen molar-refractivity contribution in [2.75, 3.05) is 5.32 Å². The van der Waals surface area contributed by atoms with Gasteiger partial charge in [-0.25, -0.2) is 4.98 Å². The summed E-state index contributed by atoms with van der Waals surface area (Å²) in [5.74, 6) is -0.300. The van der Waals surface area contributed by atoms with Crippen molar-refractivity contribution >= 4 is 68.5 Å². The molecule has 0 saturated carbocycles. The van der Waals surface area contributed by atoms with Gasteiger partial charge in [0.2, 0.25) is 0 Å². The van der Waals surface area contributed by atoms with Crippen molar-refractivity contribution in [3.05, 3.63) is 43.2 Å². The Kier molecular flexibility index (Phi) is 4.24. The fourth-order valence-electron chi connectivity index (χ4n) is 1.56. The Balaban J connectivity index is 1.79. The van der Waals surface area contributed by atoms with Crippen molar-refractivity contribution in [3.63, 3.8) is 0 Å². The minimum absolute atomic E-state index is 0.119. The van der Waals surface area contributed by atoms with Gasteiger partial charge in [0.15, 0.2) is 16.1 Å². The molecule has 108 valence electrons. The van der Waals surface area contributed by atoms with Crippen LogP contribution in [0.25, 0.3) is 11.3 Å². The van der Waals surface area contributed by atoms with E-state index in [-0.39, 0.29) is 11.0 Å². The van der Waals surface area contributed by atoms with E-state index in [0.29, 0.717) is 19.5 Å². The first-order valence-electron chi connectivity index (χ1n) is 5.50. The van der Waals surface area contributed by atoms with Crippen LogP contribution in [0.4, 0.5) is 5.13 Å². The topological polar surface area (TPSA) is 55.1 Å². The zero-order chi connectivity index (χ0) is 15.0. The number of amides is 1. The van der Waals surface area contributed by atoms with Crippen LogP contribution in [0, 0.1) is 0 Å².